The number of ether oxygens (including phenoxy) is 5. The lowest BCUT2D eigenvalue weighted by Crippen LogP contribution is -2.61. The van der Waals surface area contributed by atoms with Crippen LogP contribution in [0.2, 0.25) is 0 Å². The van der Waals surface area contributed by atoms with E-state index in [9.17, 15) is 43.5 Å². The van der Waals surface area contributed by atoms with Crippen molar-refractivity contribution in [3.8, 4) is 23.0 Å². The summed E-state index contributed by atoms with van der Waals surface area (Å²) in [6.45, 7) is 9.62. The van der Waals surface area contributed by atoms with Gasteiger partial charge >= 0.3 is 6.09 Å². The van der Waals surface area contributed by atoms with E-state index in [2.05, 4.69) is 20.9 Å². The van der Waals surface area contributed by atoms with E-state index in [0.717, 1.165) is 27.4 Å². The quantitative estimate of drug-likeness (QED) is 0.0363. The number of anilines is 2. The van der Waals surface area contributed by atoms with E-state index >= 15 is 0 Å². The Bertz CT molecular complexity index is 3060. The Morgan fingerprint density at radius 2 is 1.40 bits per heavy atom. The number of aliphatic hydroxyl groups is 1. The molecule has 22 heteroatoms. The number of nitrogens with zero attached hydrogens (tertiary/aromatic N) is 5. The van der Waals surface area contributed by atoms with Crippen molar-refractivity contribution >= 4 is 71.1 Å². The smallest absolute Gasteiger partial charge is 0.416 e. The average Bonchev–Trinajstić information content (AvgIpc) is 4.34. The van der Waals surface area contributed by atoms with Crippen LogP contribution in [0, 0.1) is 5.92 Å². The van der Waals surface area contributed by atoms with Crippen LogP contribution in [0.4, 0.5) is 21.9 Å². The molecule has 0 radical (unpaired) electrons. The largest absolute Gasteiger partial charge is 0.493 e. The topological polar surface area (TPSA) is 264 Å². The second kappa shape index (κ2) is 26.5. The van der Waals surface area contributed by atoms with Gasteiger partial charge in [0.15, 0.2) is 29.2 Å². The molecule has 0 aromatic heterocycles. The van der Waals surface area contributed by atoms with Crippen LogP contribution in [0.15, 0.2) is 89.2 Å². The lowest BCUT2D eigenvalue weighted by atomic mass is 9.87. The van der Waals surface area contributed by atoms with Crippen LogP contribution in [-0.2, 0) is 35.3 Å². The molecule has 82 heavy (non-hydrogen) atoms. The highest BCUT2D eigenvalue weighted by molar-refractivity contribution is 6.13. The van der Waals surface area contributed by atoms with Crippen LogP contribution in [0.5, 0.6) is 23.0 Å². The zero-order chi connectivity index (χ0) is 58.8. The van der Waals surface area contributed by atoms with Gasteiger partial charge in [-0.2, -0.15) is 0 Å². The number of hydrogen-bond acceptors (Lipinski definition) is 16. The molecule has 0 saturated heterocycles. The zero-order valence-electron chi connectivity index (χ0n) is 47.4. The number of aliphatic imine (C=N–C) groups is 1. The van der Waals surface area contributed by atoms with Gasteiger partial charge in [-0.05, 0) is 101 Å². The Labute approximate surface area is 476 Å². The molecule has 5 heterocycles. The van der Waals surface area contributed by atoms with Gasteiger partial charge < -0.3 is 59.3 Å². The van der Waals surface area contributed by atoms with E-state index in [1.54, 1.807) is 74.5 Å². The molecule has 0 aliphatic carbocycles. The van der Waals surface area contributed by atoms with Crippen LogP contribution in [0.1, 0.15) is 119 Å². The number of benzene rings is 3. The molecule has 3 aromatic rings. The molecule has 5 atom stereocenters. The molecule has 0 unspecified atom stereocenters. The number of aldehydes is 1. The van der Waals surface area contributed by atoms with E-state index in [4.69, 9.17) is 23.7 Å². The summed E-state index contributed by atoms with van der Waals surface area (Å²) in [4.78, 5) is 114. The minimum absolute atomic E-state index is 0.0289. The number of methoxy groups -OCH3 is 2. The van der Waals surface area contributed by atoms with Gasteiger partial charge in [-0.3, -0.25) is 38.7 Å². The van der Waals surface area contributed by atoms with Crippen molar-refractivity contribution in [3.05, 3.63) is 101 Å². The SMILES string of the molecule is COc1cc2c(cc1OCCCCCOc1cc3c(cc1OC)C(=O)N1C=C(C)C[C@H]1[C@H](O)N3C(=O)OCc1ccc(NC(=O)[C@H](C)NC[C@](C=O)(NC(=O)CCCCCN3C(=O)C=CC3=O)C(C)C)cc1)N=C[C@@H]1CC(C)=CN1C2=O. The Hall–Kier alpha value is -8.37. The van der Waals surface area contributed by atoms with Crippen molar-refractivity contribution < 1.29 is 67.1 Å². The molecule has 0 saturated carbocycles. The fraction of sp³-hybridized carbons (Fsp3) is 0.450. The first-order valence-electron chi connectivity index (χ1n) is 27.7. The van der Waals surface area contributed by atoms with Gasteiger partial charge in [-0.25, -0.2) is 9.69 Å². The van der Waals surface area contributed by atoms with Crippen molar-refractivity contribution in [1.82, 2.24) is 25.3 Å². The highest BCUT2D eigenvalue weighted by atomic mass is 16.6. The van der Waals surface area contributed by atoms with E-state index in [-0.39, 0.29) is 91.1 Å². The molecule has 0 spiro atoms. The molecule has 0 bridgehead atoms. The third kappa shape index (κ3) is 13.5. The molecule has 5 aliphatic heterocycles. The summed E-state index contributed by atoms with van der Waals surface area (Å²) in [7, 11) is 2.97. The summed E-state index contributed by atoms with van der Waals surface area (Å²) in [5.41, 5.74) is 2.72. The normalized spacial score (nSPS) is 19.1. The van der Waals surface area contributed by atoms with Crippen LogP contribution in [-0.4, -0.2) is 144 Å². The first kappa shape index (κ1) is 59.7. The van der Waals surface area contributed by atoms with Crippen molar-refractivity contribution in [3.63, 3.8) is 0 Å². The number of nitrogens with one attached hydrogen (secondary N) is 3. The number of hydrogen-bond donors (Lipinski definition) is 4. The number of rotatable bonds is 26. The molecule has 8 rings (SSSR count). The summed E-state index contributed by atoms with van der Waals surface area (Å²) in [5.74, 6) is -1.00. The lowest BCUT2D eigenvalue weighted by molar-refractivity contribution is -0.137. The van der Waals surface area contributed by atoms with Gasteiger partial charge in [0, 0.05) is 68.1 Å². The number of carbonyl (C=O) groups excluding carboxylic acids is 8. The van der Waals surface area contributed by atoms with Crippen molar-refractivity contribution in [2.24, 2.45) is 10.9 Å². The minimum Gasteiger partial charge on any atom is -0.493 e. The van der Waals surface area contributed by atoms with Gasteiger partial charge in [0.25, 0.3) is 23.6 Å². The van der Waals surface area contributed by atoms with E-state index < -0.39 is 41.8 Å². The Balaban J connectivity index is 0.834. The van der Waals surface area contributed by atoms with Crippen LogP contribution in [0.3, 0.4) is 0 Å². The maximum absolute atomic E-state index is 14.2. The van der Waals surface area contributed by atoms with Crippen LogP contribution in [0.25, 0.3) is 0 Å². The van der Waals surface area contributed by atoms with Gasteiger partial charge in [0.1, 0.15) is 18.4 Å². The third-order valence-corrected chi connectivity index (χ3v) is 15.2. The zero-order valence-corrected chi connectivity index (χ0v) is 47.4. The summed E-state index contributed by atoms with van der Waals surface area (Å²) >= 11 is 0. The summed E-state index contributed by atoms with van der Waals surface area (Å²) in [5, 5.41) is 20.7. The standard InChI is InChI=1S/C60H72N8O14/c1-36(2)60(35-69,64-52(70)14-10-8-11-21-65-53(71)19-20-54(65)72)34-62-39(5)55(73)63-41-17-15-40(16-18-41)33-82-59(77)68-46-29-51(49(79-7)27-44(46)57(75)67-32-38(4)25-47(67)58(68)76)81-23-13-9-12-22-80-50-28-45-43(26-48(50)78-6)56(74)66-31-37(3)24-42(66)30-61-45/h15-20,26-32,35-36,39,42,47,58,62,76H,8-14,21-25,33-34H2,1-7H3,(H,63,73)(H,64,70)/t39-,42-,47-,58-,60+/m0/s1. The average molecular weight is 1130 g/mol. The summed E-state index contributed by atoms with van der Waals surface area (Å²) in [6, 6.07) is 11.2. The maximum Gasteiger partial charge on any atom is 0.416 e. The van der Waals surface area contributed by atoms with Gasteiger partial charge in [0.2, 0.25) is 11.8 Å². The predicted molar refractivity (Wildman–Crippen MR) is 303 cm³/mol. The summed E-state index contributed by atoms with van der Waals surface area (Å²) in [6.07, 6.45) is 10.7. The van der Waals surface area contributed by atoms with Crippen molar-refractivity contribution in [1.29, 1.82) is 0 Å². The molecule has 4 N–H and O–H groups in total. The molecular formula is C60H72N8O14. The van der Waals surface area contributed by atoms with Crippen molar-refractivity contribution in [2.45, 2.75) is 129 Å². The van der Waals surface area contributed by atoms with Gasteiger partial charge in [0.05, 0.1) is 68.1 Å². The maximum atomic E-state index is 14.2. The number of imide groups is 1. The van der Waals surface area contributed by atoms with E-state index in [1.165, 1.54) is 43.4 Å². The number of aliphatic hydroxyl groups excluding tert-OH is 1. The first-order chi connectivity index (χ1) is 39.3. The number of amides is 7. The Kier molecular flexibility index (Phi) is 19.3. The second-order valence-corrected chi connectivity index (χ2v) is 21.5. The molecule has 5 aliphatic rings. The lowest BCUT2D eigenvalue weighted by Gasteiger charge is -2.34. The van der Waals surface area contributed by atoms with Crippen LogP contribution < -0.4 is 39.8 Å². The third-order valence-electron chi connectivity index (χ3n) is 15.2. The second-order valence-electron chi connectivity index (χ2n) is 21.5. The van der Waals surface area contributed by atoms with Crippen molar-refractivity contribution in [2.75, 3.05) is 50.7 Å². The molecule has 22 nitrogen and oxygen atoms in total. The highest BCUT2D eigenvalue weighted by Gasteiger charge is 2.45. The van der Waals surface area contributed by atoms with E-state index in [0.29, 0.717) is 91.8 Å². The Morgan fingerprint density at radius 3 is 2.06 bits per heavy atom. The number of unbranched alkanes of at least 4 members (excludes halogenated alkanes) is 4. The molecular weight excluding hydrogens is 1060 g/mol. The first-order valence-corrected chi connectivity index (χ1v) is 27.7. The number of fused-ring (bicyclic) bond motifs is 4. The fourth-order valence-corrected chi connectivity index (χ4v) is 10.3. The number of carbonyl (C=O) groups is 8. The predicted octanol–water partition coefficient (Wildman–Crippen LogP) is 6.87. The van der Waals surface area contributed by atoms with Gasteiger partial charge in [-0.15, -0.1) is 0 Å². The molecule has 7 amide bonds. The monoisotopic (exact) mass is 1130 g/mol. The fourth-order valence-electron chi connectivity index (χ4n) is 10.3. The minimum atomic E-state index is -1.51. The highest BCUT2D eigenvalue weighted by Crippen LogP contribution is 2.43. The Morgan fingerprint density at radius 1 is 0.780 bits per heavy atom. The summed E-state index contributed by atoms with van der Waals surface area (Å²) < 4.78 is 29.5. The van der Waals surface area contributed by atoms with Crippen LogP contribution >= 0.6 is 0 Å². The molecule has 0 fully saturated rings. The van der Waals surface area contributed by atoms with E-state index in [1.807, 2.05) is 20.0 Å². The molecule has 436 valence electrons. The van der Waals surface area contributed by atoms with Gasteiger partial charge in [-0.1, -0.05) is 43.5 Å². The molecule has 3 aromatic carbocycles.